The third kappa shape index (κ3) is 4.41. The minimum absolute atomic E-state index is 0.206. The summed E-state index contributed by atoms with van der Waals surface area (Å²) in [7, 11) is 1.82. The first kappa shape index (κ1) is 16.7. The normalized spacial score (nSPS) is 13.1. The van der Waals surface area contributed by atoms with Crippen LogP contribution in [0.15, 0.2) is 47.5 Å². The highest BCUT2D eigenvalue weighted by molar-refractivity contribution is 7.98. The summed E-state index contributed by atoms with van der Waals surface area (Å²) in [6.45, 7) is 3.12. The molecule has 0 saturated carbocycles. The maximum absolute atomic E-state index is 4.32. The molecule has 3 nitrogen and oxygen atoms in total. The third-order valence-electron chi connectivity index (χ3n) is 3.68. The molecule has 22 heavy (non-hydrogen) atoms. The van der Waals surface area contributed by atoms with E-state index >= 15 is 0 Å². The van der Waals surface area contributed by atoms with Gasteiger partial charge in [-0.2, -0.15) is 11.8 Å². The van der Waals surface area contributed by atoms with Crippen LogP contribution in [0.4, 0.5) is 0 Å². The number of fused-ring (bicyclic) bond motifs is 1. The molecule has 2 N–H and O–H groups in total. The van der Waals surface area contributed by atoms with Crippen LogP contribution in [0.2, 0.25) is 0 Å². The van der Waals surface area contributed by atoms with E-state index in [4.69, 9.17) is 0 Å². The molecular formula is C18H25N3S. The lowest BCUT2D eigenvalue weighted by Gasteiger charge is -2.19. The van der Waals surface area contributed by atoms with Crippen molar-refractivity contribution in [1.29, 1.82) is 0 Å². The molecule has 1 unspecified atom stereocenters. The van der Waals surface area contributed by atoms with Crippen LogP contribution in [0.1, 0.15) is 24.9 Å². The Balaban J connectivity index is 2.05. The molecule has 4 heteroatoms. The molecule has 0 spiro atoms. The van der Waals surface area contributed by atoms with Crippen molar-refractivity contribution in [2.45, 2.75) is 19.4 Å². The highest BCUT2D eigenvalue weighted by Gasteiger charge is 2.10. The van der Waals surface area contributed by atoms with Gasteiger partial charge in [-0.3, -0.25) is 4.99 Å². The number of nitrogens with zero attached hydrogens (tertiary/aromatic N) is 1. The summed E-state index contributed by atoms with van der Waals surface area (Å²) in [6.07, 6.45) is 3.28. The van der Waals surface area contributed by atoms with Crippen molar-refractivity contribution in [2.24, 2.45) is 4.99 Å². The monoisotopic (exact) mass is 315 g/mol. The number of guanidine groups is 1. The molecule has 0 amide bonds. The van der Waals surface area contributed by atoms with Gasteiger partial charge in [0.1, 0.15) is 0 Å². The number of nitrogens with one attached hydrogen (secondary N) is 2. The highest BCUT2D eigenvalue weighted by Crippen LogP contribution is 2.23. The van der Waals surface area contributed by atoms with Crippen molar-refractivity contribution in [3.63, 3.8) is 0 Å². The van der Waals surface area contributed by atoms with Gasteiger partial charge in [0.05, 0.1) is 6.04 Å². The van der Waals surface area contributed by atoms with Crippen LogP contribution >= 0.6 is 11.8 Å². The molecule has 0 aromatic heterocycles. The summed E-state index contributed by atoms with van der Waals surface area (Å²) in [5.41, 5.74) is 1.30. The van der Waals surface area contributed by atoms with Gasteiger partial charge in [0.25, 0.3) is 0 Å². The second-order valence-electron chi connectivity index (χ2n) is 5.28. The first-order valence-corrected chi connectivity index (χ1v) is 9.09. The summed E-state index contributed by atoms with van der Waals surface area (Å²) in [6, 6.07) is 15.2. The number of hydrogen-bond donors (Lipinski definition) is 2. The molecule has 0 radical (unpaired) electrons. The second kappa shape index (κ2) is 8.69. The molecule has 0 fully saturated rings. The van der Waals surface area contributed by atoms with E-state index < -0.39 is 0 Å². The Bertz CT molecular complexity index is 619. The quantitative estimate of drug-likeness (QED) is 0.483. The Morgan fingerprint density at radius 3 is 2.73 bits per heavy atom. The van der Waals surface area contributed by atoms with E-state index in [2.05, 4.69) is 71.3 Å². The van der Waals surface area contributed by atoms with Gasteiger partial charge in [0, 0.05) is 13.6 Å². The number of benzene rings is 2. The van der Waals surface area contributed by atoms with Gasteiger partial charge < -0.3 is 10.6 Å². The van der Waals surface area contributed by atoms with E-state index in [0.717, 1.165) is 18.9 Å². The summed E-state index contributed by atoms with van der Waals surface area (Å²) >= 11 is 1.87. The fourth-order valence-corrected chi connectivity index (χ4v) is 2.96. The van der Waals surface area contributed by atoms with Gasteiger partial charge in [0.2, 0.25) is 0 Å². The first-order chi connectivity index (χ1) is 10.8. The minimum Gasteiger partial charge on any atom is -0.356 e. The summed E-state index contributed by atoms with van der Waals surface area (Å²) in [5.74, 6) is 2.03. The zero-order valence-corrected chi connectivity index (χ0v) is 14.4. The zero-order chi connectivity index (χ0) is 15.8. The van der Waals surface area contributed by atoms with Crippen molar-refractivity contribution in [2.75, 3.05) is 25.6 Å². The Hall–Kier alpha value is -1.68. The molecule has 2 aromatic rings. The lowest BCUT2D eigenvalue weighted by molar-refractivity contribution is 0.687. The smallest absolute Gasteiger partial charge is 0.191 e. The summed E-state index contributed by atoms with van der Waals surface area (Å²) < 4.78 is 0. The van der Waals surface area contributed by atoms with E-state index in [0.29, 0.717) is 0 Å². The van der Waals surface area contributed by atoms with Crippen molar-refractivity contribution in [1.82, 2.24) is 10.6 Å². The molecular weight excluding hydrogens is 290 g/mol. The largest absolute Gasteiger partial charge is 0.356 e. The molecule has 0 heterocycles. The Kier molecular flexibility index (Phi) is 6.59. The van der Waals surface area contributed by atoms with Crippen LogP contribution in [-0.4, -0.2) is 31.6 Å². The number of rotatable bonds is 6. The van der Waals surface area contributed by atoms with Crippen molar-refractivity contribution in [3.8, 4) is 0 Å². The highest BCUT2D eigenvalue weighted by atomic mass is 32.2. The molecule has 0 aliphatic heterocycles. The molecule has 0 saturated heterocycles. The van der Waals surface area contributed by atoms with Gasteiger partial charge in [-0.05, 0) is 41.7 Å². The van der Waals surface area contributed by atoms with Crippen LogP contribution in [0.5, 0.6) is 0 Å². The van der Waals surface area contributed by atoms with Gasteiger partial charge in [-0.1, -0.05) is 42.5 Å². The van der Waals surface area contributed by atoms with Gasteiger partial charge in [-0.25, -0.2) is 0 Å². The third-order valence-corrected chi connectivity index (χ3v) is 4.38. The van der Waals surface area contributed by atoms with E-state index in [1.165, 1.54) is 22.1 Å². The number of aliphatic imine (C=N–C) groups is 1. The Labute approximate surface area is 137 Å². The predicted molar refractivity (Wildman–Crippen MR) is 99.9 cm³/mol. The van der Waals surface area contributed by atoms with E-state index in [9.17, 15) is 0 Å². The van der Waals surface area contributed by atoms with E-state index in [-0.39, 0.29) is 6.04 Å². The predicted octanol–water partition coefficient (Wildman–Crippen LogP) is 3.82. The summed E-state index contributed by atoms with van der Waals surface area (Å²) in [4.78, 5) is 4.32. The van der Waals surface area contributed by atoms with Crippen LogP contribution in [0.25, 0.3) is 10.8 Å². The first-order valence-electron chi connectivity index (χ1n) is 7.70. The van der Waals surface area contributed by atoms with Crippen molar-refractivity contribution < 1.29 is 0 Å². The lowest BCUT2D eigenvalue weighted by Crippen LogP contribution is -2.39. The van der Waals surface area contributed by atoms with Gasteiger partial charge in [-0.15, -0.1) is 0 Å². The van der Waals surface area contributed by atoms with Crippen molar-refractivity contribution >= 4 is 28.5 Å². The molecule has 0 aliphatic carbocycles. The van der Waals surface area contributed by atoms with E-state index in [1.54, 1.807) is 0 Å². The van der Waals surface area contributed by atoms with Crippen LogP contribution < -0.4 is 10.6 Å². The number of hydrogen-bond acceptors (Lipinski definition) is 2. The molecule has 2 aromatic carbocycles. The average molecular weight is 315 g/mol. The second-order valence-corrected chi connectivity index (χ2v) is 6.27. The maximum atomic E-state index is 4.32. The SMILES string of the molecule is CN=C(NCCCSC)NC(C)c1cccc2ccccc12. The Morgan fingerprint density at radius 1 is 1.18 bits per heavy atom. The molecule has 118 valence electrons. The van der Waals surface area contributed by atoms with Gasteiger partial charge in [0.15, 0.2) is 5.96 Å². The fraction of sp³-hybridized carbons (Fsp3) is 0.389. The zero-order valence-electron chi connectivity index (χ0n) is 13.6. The molecule has 1 atom stereocenters. The van der Waals surface area contributed by atoms with Crippen LogP contribution in [-0.2, 0) is 0 Å². The Morgan fingerprint density at radius 2 is 1.95 bits per heavy atom. The molecule has 0 bridgehead atoms. The van der Waals surface area contributed by atoms with Crippen LogP contribution in [0, 0.1) is 0 Å². The maximum Gasteiger partial charge on any atom is 0.191 e. The fourth-order valence-electron chi connectivity index (χ4n) is 2.53. The minimum atomic E-state index is 0.206. The standard InChI is InChI=1S/C18H25N3S/c1-14(21-18(19-2)20-12-7-13-22-3)16-11-6-9-15-8-4-5-10-17(15)16/h4-6,8-11,14H,7,12-13H2,1-3H3,(H2,19,20,21). The topological polar surface area (TPSA) is 36.4 Å². The van der Waals surface area contributed by atoms with Crippen molar-refractivity contribution in [3.05, 3.63) is 48.0 Å². The van der Waals surface area contributed by atoms with Crippen LogP contribution in [0.3, 0.4) is 0 Å². The molecule has 2 rings (SSSR count). The van der Waals surface area contributed by atoms with E-state index in [1.807, 2.05) is 18.8 Å². The lowest BCUT2D eigenvalue weighted by atomic mass is 10.00. The summed E-state index contributed by atoms with van der Waals surface area (Å²) in [5, 5.41) is 9.43. The average Bonchev–Trinajstić information content (AvgIpc) is 2.57. The van der Waals surface area contributed by atoms with Gasteiger partial charge >= 0.3 is 0 Å². The number of thioether (sulfide) groups is 1. The molecule has 0 aliphatic rings.